The van der Waals surface area contributed by atoms with Crippen LogP contribution in [0.25, 0.3) is 0 Å². The fourth-order valence-electron chi connectivity index (χ4n) is 1.52. The van der Waals surface area contributed by atoms with Crippen molar-refractivity contribution in [3.05, 3.63) is 29.8 Å². The van der Waals surface area contributed by atoms with Crippen molar-refractivity contribution in [1.82, 2.24) is 5.32 Å². The Balaban J connectivity index is 2.35. The molecule has 22 heavy (non-hydrogen) atoms. The van der Waals surface area contributed by atoms with Gasteiger partial charge in [0, 0.05) is 12.1 Å². The van der Waals surface area contributed by atoms with Crippen LogP contribution in [-0.4, -0.2) is 37.4 Å². The number of ether oxygens (including phenoxy) is 2. The summed E-state index contributed by atoms with van der Waals surface area (Å²) in [5, 5.41) is 2.68. The zero-order chi connectivity index (χ0) is 16.5. The second-order valence-corrected chi connectivity index (χ2v) is 5.25. The average Bonchev–Trinajstić information content (AvgIpc) is 2.50. The van der Waals surface area contributed by atoms with Gasteiger partial charge in [-0.05, 0) is 37.1 Å². The van der Waals surface area contributed by atoms with Crippen molar-refractivity contribution in [1.29, 1.82) is 0 Å². The standard InChI is InChI=1S/C16H21NO5/c1-11(2)8-17-16(20)12(3)22-15(19)10-21-14-6-4-13(9-18)5-7-14/h4-7,9,11-12H,8,10H2,1-3H3,(H,17,20)/t12-/m0/s1. The number of rotatable bonds is 8. The Kier molecular flexibility index (Phi) is 7.08. The quantitative estimate of drug-likeness (QED) is 0.582. The van der Waals surface area contributed by atoms with E-state index in [9.17, 15) is 14.4 Å². The molecule has 0 spiro atoms. The molecule has 120 valence electrons. The zero-order valence-electron chi connectivity index (χ0n) is 13.0. The molecule has 0 fully saturated rings. The lowest BCUT2D eigenvalue weighted by Gasteiger charge is -2.14. The van der Waals surface area contributed by atoms with Gasteiger partial charge in [-0.1, -0.05) is 13.8 Å². The van der Waals surface area contributed by atoms with E-state index >= 15 is 0 Å². The van der Waals surface area contributed by atoms with E-state index in [0.717, 1.165) is 6.29 Å². The van der Waals surface area contributed by atoms with Crippen LogP contribution in [0.1, 0.15) is 31.1 Å². The molecule has 1 aromatic carbocycles. The topological polar surface area (TPSA) is 81.7 Å². The zero-order valence-corrected chi connectivity index (χ0v) is 13.0. The Morgan fingerprint density at radius 1 is 1.18 bits per heavy atom. The lowest BCUT2D eigenvalue weighted by atomic mass is 10.2. The summed E-state index contributed by atoms with van der Waals surface area (Å²) < 4.78 is 10.2. The normalized spacial score (nSPS) is 11.6. The Hall–Kier alpha value is -2.37. The minimum absolute atomic E-state index is 0.303. The van der Waals surface area contributed by atoms with E-state index < -0.39 is 12.1 Å². The predicted molar refractivity (Wildman–Crippen MR) is 80.7 cm³/mol. The van der Waals surface area contributed by atoms with E-state index in [-0.39, 0.29) is 12.5 Å². The largest absolute Gasteiger partial charge is 0.482 e. The highest BCUT2D eigenvalue weighted by atomic mass is 16.6. The number of aldehydes is 1. The van der Waals surface area contributed by atoms with E-state index in [1.165, 1.54) is 6.92 Å². The lowest BCUT2D eigenvalue weighted by molar-refractivity contribution is -0.156. The summed E-state index contributed by atoms with van der Waals surface area (Å²) in [6, 6.07) is 6.32. The van der Waals surface area contributed by atoms with Gasteiger partial charge in [-0.3, -0.25) is 9.59 Å². The highest BCUT2D eigenvalue weighted by Gasteiger charge is 2.17. The second kappa shape index (κ2) is 8.81. The summed E-state index contributed by atoms with van der Waals surface area (Å²) in [7, 11) is 0. The van der Waals surface area contributed by atoms with Crippen molar-refractivity contribution >= 4 is 18.2 Å². The number of hydrogen-bond acceptors (Lipinski definition) is 5. The van der Waals surface area contributed by atoms with Gasteiger partial charge in [-0.2, -0.15) is 0 Å². The molecule has 0 heterocycles. The van der Waals surface area contributed by atoms with Crippen LogP contribution in [0.3, 0.4) is 0 Å². The van der Waals surface area contributed by atoms with Crippen LogP contribution in [-0.2, 0) is 14.3 Å². The van der Waals surface area contributed by atoms with Gasteiger partial charge >= 0.3 is 5.97 Å². The van der Waals surface area contributed by atoms with Crippen LogP contribution in [0.15, 0.2) is 24.3 Å². The molecule has 0 aliphatic heterocycles. The van der Waals surface area contributed by atoms with Crippen LogP contribution in [0, 0.1) is 5.92 Å². The molecule has 0 unspecified atom stereocenters. The Labute approximate surface area is 129 Å². The summed E-state index contributed by atoms with van der Waals surface area (Å²) in [6.07, 6.45) is -0.150. The number of nitrogens with one attached hydrogen (secondary N) is 1. The molecule has 1 atom stereocenters. The predicted octanol–water partition coefficient (Wildman–Crippen LogP) is 1.58. The molecule has 0 saturated carbocycles. The molecular formula is C16H21NO5. The number of amides is 1. The van der Waals surface area contributed by atoms with Gasteiger partial charge in [0.05, 0.1) is 0 Å². The van der Waals surface area contributed by atoms with Crippen molar-refractivity contribution in [2.24, 2.45) is 5.92 Å². The Morgan fingerprint density at radius 2 is 1.82 bits per heavy atom. The number of hydrogen-bond donors (Lipinski definition) is 1. The molecule has 0 aliphatic rings. The first-order chi connectivity index (χ1) is 10.4. The van der Waals surface area contributed by atoms with Crippen molar-refractivity contribution in [3.8, 4) is 5.75 Å². The molecule has 0 radical (unpaired) electrons. The smallest absolute Gasteiger partial charge is 0.344 e. The maximum Gasteiger partial charge on any atom is 0.344 e. The lowest BCUT2D eigenvalue weighted by Crippen LogP contribution is -2.38. The molecule has 0 saturated heterocycles. The molecule has 6 heteroatoms. The molecule has 6 nitrogen and oxygen atoms in total. The van der Waals surface area contributed by atoms with Crippen LogP contribution in [0.4, 0.5) is 0 Å². The third-order valence-corrected chi connectivity index (χ3v) is 2.73. The maximum absolute atomic E-state index is 11.7. The molecule has 0 bridgehead atoms. The van der Waals surface area contributed by atoms with E-state index in [1.54, 1.807) is 24.3 Å². The minimum Gasteiger partial charge on any atom is -0.482 e. The Morgan fingerprint density at radius 3 is 2.36 bits per heavy atom. The first kappa shape index (κ1) is 17.7. The number of benzene rings is 1. The third-order valence-electron chi connectivity index (χ3n) is 2.73. The Bertz CT molecular complexity index is 510. The molecule has 1 aromatic rings. The van der Waals surface area contributed by atoms with Gasteiger partial charge in [0.25, 0.3) is 5.91 Å². The monoisotopic (exact) mass is 307 g/mol. The van der Waals surface area contributed by atoms with Crippen molar-refractivity contribution in [2.75, 3.05) is 13.2 Å². The van der Waals surface area contributed by atoms with Gasteiger partial charge in [-0.25, -0.2) is 4.79 Å². The molecule has 0 aliphatic carbocycles. The minimum atomic E-state index is -0.868. The van der Waals surface area contributed by atoms with Crippen molar-refractivity contribution < 1.29 is 23.9 Å². The second-order valence-electron chi connectivity index (χ2n) is 5.25. The number of esters is 1. The average molecular weight is 307 g/mol. The maximum atomic E-state index is 11.7. The summed E-state index contributed by atoms with van der Waals surface area (Å²) in [4.78, 5) is 33.8. The fourth-order valence-corrected chi connectivity index (χ4v) is 1.52. The molecular weight excluding hydrogens is 286 g/mol. The molecule has 0 aromatic heterocycles. The van der Waals surface area contributed by atoms with Crippen LogP contribution in [0.5, 0.6) is 5.75 Å². The van der Waals surface area contributed by atoms with Crippen LogP contribution >= 0.6 is 0 Å². The van der Waals surface area contributed by atoms with Gasteiger partial charge in [0.2, 0.25) is 0 Å². The summed E-state index contributed by atoms with van der Waals surface area (Å²) >= 11 is 0. The molecule has 1 rings (SSSR count). The highest BCUT2D eigenvalue weighted by Crippen LogP contribution is 2.11. The van der Waals surface area contributed by atoms with E-state index in [4.69, 9.17) is 9.47 Å². The van der Waals surface area contributed by atoms with E-state index in [1.807, 2.05) is 13.8 Å². The first-order valence-electron chi connectivity index (χ1n) is 7.07. The van der Waals surface area contributed by atoms with Crippen molar-refractivity contribution in [3.63, 3.8) is 0 Å². The van der Waals surface area contributed by atoms with E-state index in [2.05, 4.69) is 5.32 Å². The summed E-state index contributed by atoms with van der Waals surface area (Å²) in [6.45, 7) is 5.68. The fraction of sp³-hybridized carbons (Fsp3) is 0.438. The highest BCUT2D eigenvalue weighted by molar-refractivity contribution is 5.83. The number of carbonyl (C=O) groups excluding carboxylic acids is 3. The van der Waals surface area contributed by atoms with Gasteiger partial charge in [0.1, 0.15) is 12.0 Å². The van der Waals surface area contributed by atoms with Crippen molar-refractivity contribution in [2.45, 2.75) is 26.9 Å². The third kappa shape index (κ3) is 6.39. The summed E-state index contributed by atoms with van der Waals surface area (Å²) in [5.41, 5.74) is 0.519. The summed E-state index contributed by atoms with van der Waals surface area (Å²) in [5.74, 6) is -0.201. The van der Waals surface area contributed by atoms with Gasteiger partial charge < -0.3 is 14.8 Å². The molecule has 1 N–H and O–H groups in total. The first-order valence-corrected chi connectivity index (χ1v) is 7.07. The molecule has 1 amide bonds. The van der Waals surface area contributed by atoms with Crippen LogP contribution in [0.2, 0.25) is 0 Å². The SMILES string of the molecule is CC(C)CNC(=O)[C@H](C)OC(=O)COc1ccc(C=O)cc1. The van der Waals surface area contributed by atoms with Gasteiger partial charge in [-0.15, -0.1) is 0 Å². The van der Waals surface area contributed by atoms with Gasteiger partial charge in [0.15, 0.2) is 12.7 Å². The number of carbonyl (C=O) groups is 3. The van der Waals surface area contributed by atoms with E-state index in [0.29, 0.717) is 23.8 Å². The van der Waals surface area contributed by atoms with Crippen LogP contribution < -0.4 is 10.1 Å².